The predicted molar refractivity (Wildman–Crippen MR) is 93.1 cm³/mol. The first-order valence-electron chi connectivity index (χ1n) is 8.33. The third kappa shape index (κ3) is 3.78. The van der Waals surface area contributed by atoms with Crippen LogP contribution < -0.4 is 10.6 Å². The lowest BCUT2D eigenvalue weighted by molar-refractivity contribution is -0.132. The van der Waals surface area contributed by atoms with Gasteiger partial charge in [0.15, 0.2) is 0 Å². The first-order chi connectivity index (χ1) is 12.1. The number of pyridine rings is 1. The molecule has 3 rings (SSSR count). The van der Waals surface area contributed by atoms with Crippen molar-refractivity contribution >= 4 is 17.6 Å². The van der Waals surface area contributed by atoms with Crippen LogP contribution in [0.15, 0.2) is 36.8 Å². The number of nitrogens with zero attached hydrogens (tertiary/aromatic N) is 5. The quantitative estimate of drug-likeness (QED) is 0.861. The average Bonchev–Trinajstić information content (AvgIpc) is 3.16. The van der Waals surface area contributed by atoms with E-state index in [1.54, 1.807) is 29.2 Å². The normalized spacial score (nSPS) is 15.9. The van der Waals surface area contributed by atoms with Crippen molar-refractivity contribution in [3.05, 3.63) is 42.4 Å². The second-order valence-electron chi connectivity index (χ2n) is 6.15. The van der Waals surface area contributed by atoms with Crippen molar-refractivity contribution in [3.8, 4) is 0 Å². The van der Waals surface area contributed by atoms with E-state index >= 15 is 0 Å². The Labute approximate surface area is 146 Å². The van der Waals surface area contributed by atoms with Gasteiger partial charge in [-0.3, -0.25) is 14.3 Å². The van der Waals surface area contributed by atoms with Crippen LogP contribution in [0.3, 0.4) is 0 Å². The number of anilines is 1. The van der Waals surface area contributed by atoms with E-state index in [9.17, 15) is 9.59 Å². The molecule has 1 fully saturated rings. The summed E-state index contributed by atoms with van der Waals surface area (Å²) in [6.45, 7) is 4.42. The molecule has 1 saturated heterocycles. The largest absolute Gasteiger partial charge is 0.365 e. The Morgan fingerprint density at radius 1 is 1.20 bits per heavy atom. The molecule has 1 aliphatic heterocycles. The van der Waals surface area contributed by atoms with Crippen molar-refractivity contribution in [3.63, 3.8) is 0 Å². The minimum atomic E-state index is -0.491. The smallest absolute Gasteiger partial charge is 0.252 e. The SMILES string of the molecule is C[C@H](CC(=O)N1CCN(c2ncccc2C(N)=O)CC1)n1cccn1. The summed E-state index contributed by atoms with van der Waals surface area (Å²) in [5, 5.41) is 4.18. The molecule has 132 valence electrons. The van der Waals surface area contributed by atoms with Gasteiger partial charge in [0.25, 0.3) is 5.91 Å². The van der Waals surface area contributed by atoms with Gasteiger partial charge in [-0.15, -0.1) is 0 Å². The van der Waals surface area contributed by atoms with Gasteiger partial charge in [-0.2, -0.15) is 5.10 Å². The maximum absolute atomic E-state index is 12.5. The summed E-state index contributed by atoms with van der Waals surface area (Å²) in [5.74, 6) is 0.209. The topological polar surface area (TPSA) is 97.4 Å². The van der Waals surface area contributed by atoms with Gasteiger partial charge in [-0.05, 0) is 25.1 Å². The second kappa shape index (κ2) is 7.33. The van der Waals surface area contributed by atoms with E-state index in [1.807, 2.05) is 29.0 Å². The molecule has 25 heavy (non-hydrogen) atoms. The van der Waals surface area contributed by atoms with E-state index < -0.39 is 5.91 Å². The number of piperazine rings is 1. The summed E-state index contributed by atoms with van der Waals surface area (Å²) in [4.78, 5) is 32.2. The highest BCUT2D eigenvalue weighted by Crippen LogP contribution is 2.19. The molecule has 1 aliphatic rings. The highest BCUT2D eigenvalue weighted by atomic mass is 16.2. The van der Waals surface area contributed by atoms with E-state index in [-0.39, 0.29) is 11.9 Å². The van der Waals surface area contributed by atoms with E-state index in [1.165, 1.54) is 0 Å². The zero-order valence-corrected chi connectivity index (χ0v) is 14.2. The van der Waals surface area contributed by atoms with Gasteiger partial charge >= 0.3 is 0 Å². The summed E-state index contributed by atoms with van der Waals surface area (Å²) in [6.07, 6.45) is 5.63. The van der Waals surface area contributed by atoms with E-state index in [0.29, 0.717) is 44.0 Å². The van der Waals surface area contributed by atoms with Crippen LogP contribution in [0.25, 0.3) is 0 Å². The fourth-order valence-corrected chi connectivity index (χ4v) is 3.03. The first-order valence-corrected chi connectivity index (χ1v) is 8.33. The van der Waals surface area contributed by atoms with Crippen molar-refractivity contribution in [1.29, 1.82) is 0 Å². The molecule has 8 nitrogen and oxygen atoms in total. The van der Waals surface area contributed by atoms with Crippen molar-refractivity contribution in [2.45, 2.75) is 19.4 Å². The van der Waals surface area contributed by atoms with Crippen molar-refractivity contribution in [2.75, 3.05) is 31.1 Å². The molecule has 0 aromatic carbocycles. The lowest BCUT2D eigenvalue weighted by Gasteiger charge is -2.36. The number of rotatable bonds is 5. The highest BCUT2D eigenvalue weighted by Gasteiger charge is 2.25. The molecule has 8 heteroatoms. The Kier molecular flexibility index (Phi) is 4.97. The third-order valence-electron chi connectivity index (χ3n) is 4.43. The van der Waals surface area contributed by atoms with E-state index in [2.05, 4.69) is 10.1 Å². The number of primary amides is 1. The van der Waals surface area contributed by atoms with Gasteiger partial charge < -0.3 is 15.5 Å². The Hall–Kier alpha value is -2.90. The number of nitrogens with two attached hydrogens (primary N) is 1. The van der Waals surface area contributed by atoms with Crippen LogP contribution in [0, 0.1) is 0 Å². The number of aromatic nitrogens is 3. The molecule has 0 bridgehead atoms. The molecule has 0 saturated carbocycles. The van der Waals surface area contributed by atoms with Crippen molar-refractivity contribution < 1.29 is 9.59 Å². The fourth-order valence-electron chi connectivity index (χ4n) is 3.03. The number of hydrogen-bond acceptors (Lipinski definition) is 5. The maximum atomic E-state index is 12.5. The molecule has 0 aliphatic carbocycles. The molecule has 2 aromatic rings. The van der Waals surface area contributed by atoms with Gasteiger partial charge in [0.1, 0.15) is 5.82 Å². The molecular formula is C17H22N6O2. The van der Waals surface area contributed by atoms with Crippen LogP contribution in [0.5, 0.6) is 0 Å². The molecular weight excluding hydrogens is 320 g/mol. The van der Waals surface area contributed by atoms with Crippen LogP contribution in [0.2, 0.25) is 0 Å². The van der Waals surface area contributed by atoms with Crippen molar-refractivity contribution in [1.82, 2.24) is 19.7 Å². The number of hydrogen-bond donors (Lipinski definition) is 1. The standard InChI is InChI=1S/C17H22N6O2/c1-13(23-7-3-6-20-23)12-15(24)21-8-10-22(11-9-21)17-14(16(18)25)4-2-5-19-17/h2-7,13H,8-12H2,1H3,(H2,18,25)/t13-/m1/s1. The van der Waals surface area contributed by atoms with Gasteiger partial charge in [-0.1, -0.05) is 0 Å². The molecule has 0 unspecified atom stereocenters. The molecule has 2 aromatic heterocycles. The third-order valence-corrected chi connectivity index (χ3v) is 4.43. The van der Waals surface area contributed by atoms with Crippen LogP contribution >= 0.6 is 0 Å². The number of amides is 2. The summed E-state index contributed by atoms with van der Waals surface area (Å²) >= 11 is 0. The average molecular weight is 342 g/mol. The summed E-state index contributed by atoms with van der Waals surface area (Å²) in [6, 6.07) is 5.24. The predicted octanol–water partition coefficient (Wildman–Crippen LogP) is 0.677. The Balaban J connectivity index is 1.59. The van der Waals surface area contributed by atoms with Gasteiger partial charge in [0.05, 0.1) is 11.6 Å². The van der Waals surface area contributed by atoms with Crippen molar-refractivity contribution in [2.24, 2.45) is 5.73 Å². The lowest BCUT2D eigenvalue weighted by Crippen LogP contribution is -2.49. The van der Waals surface area contributed by atoms with Crippen LogP contribution in [0.1, 0.15) is 29.7 Å². The molecule has 2 amide bonds. The number of carbonyl (C=O) groups is 2. The zero-order valence-electron chi connectivity index (χ0n) is 14.2. The Morgan fingerprint density at radius 2 is 1.96 bits per heavy atom. The van der Waals surface area contributed by atoms with E-state index in [4.69, 9.17) is 5.73 Å². The lowest BCUT2D eigenvalue weighted by atomic mass is 10.2. The fraction of sp³-hybridized carbons (Fsp3) is 0.412. The molecule has 2 N–H and O–H groups in total. The first kappa shape index (κ1) is 16.9. The minimum absolute atomic E-state index is 0.0257. The summed E-state index contributed by atoms with van der Waals surface area (Å²) < 4.78 is 1.79. The molecule has 3 heterocycles. The van der Waals surface area contributed by atoms with Crippen LogP contribution in [-0.2, 0) is 4.79 Å². The minimum Gasteiger partial charge on any atom is -0.365 e. The highest BCUT2D eigenvalue weighted by molar-refractivity contribution is 5.97. The van der Waals surface area contributed by atoms with E-state index in [0.717, 1.165) is 0 Å². The maximum Gasteiger partial charge on any atom is 0.252 e. The molecule has 0 spiro atoms. The van der Waals surface area contributed by atoms with Crippen LogP contribution in [-0.4, -0.2) is 57.7 Å². The monoisotopic (exact) mass is 342 g/mol. The second-order valence-corrected chi connectivity index (χ2v) is 6.15. The van der Waals surface area contributed by atoms with Gasteiger partial charge in [-0.25, -0.2) is 4.98 Å². The van der Waals surface area contributed by atoms with Gasteiger partial charge in [0, 0.05) is 51.2 Å². The number of carbonyl (C=O) groups excluding carboxylic acids is 2. The summed E-state index contributed by atoms with van der Waals surface area (Å²) in [5.41, 5.74) is 5.83. The zero-order chi connectivity index (χ0) is 17.8. The van der Waals surface area contributed by atoms with Gasteiger partial charge in [0.2, 0.25) is 5.91 Å². The Bertz CT molecular complexity index is 737. The molecule has 0 radical (unpaired) electrons. The molecule has 1 atom stereocenters. The Morgan fingerprint density at radius 3 is 2.60 bits per heavy atom. The summed E-state index contributed by atoms with van der Waals surface area (Å²) in [7, 11) is 0. The van der Waals surface area contributed by atoms with Crippen LogP contribution in [0.4, 0.5) is 5.82 Å².